The lowest BCUT2D eigenvalue weighted by Gasteiger charge is -2.21. The van der Waals surface area contributed by atoms with Gasteiger partial charge in [0.05, 0.1) is 6.61 Å². The number of unbranched alkanes of at least 4 members (excludes halogenated alkanes) is 1. The Morgan fingerprint density at radius 2 is 2.17 bits per heavy atom. The number of nitrogens with zero attached hydrogens (tertiary/aromatic N) is 2. The summed E-state index contributed by atoms with van der Waals surface area (Å²) in [5.74, 6) is -0.107. The normalized spacial score (nSPS) is 10.4. The Morgan fingerprint density at radius 1 is 1.44 bits per heavy atom. The lowest BCUT2D eigenvalue weighted by atomic mass is 10.2. The predicted octanol–water partition coefficient (Wildman–Crippen LogP) is 2.28. The van der Waals surface area contributed by atoms with Gasteiger partial charge in [-0.3, -0.25) is 4.79 Å². The average molecular weight is 271 g/mol. The molecule has 1 aromatic heterocycles. The summed E-state index contributed by atoms with van der Waals surface area (Å²) < 4.78 is 0. The van der Waals surface area contributed by atoms with Crippen molar-refractivity contribution in [3.8, 4) is 0 Å². The van der Waals surface area contributed by atoms with Gasteiger partial charge in [0.1, 0.15) is 5.15 Å². The molecule has 4 nitrogen and oxygen atoms in total. The van der Waals surface area contributed by atoms with Gasteiger partial charge < -0.3 is 10.0 Å². The van der Waals surface area contributed by atoms with Crippen molar-refractivity contribution in [2.75, 3.05) is 19.7 Å². The van der Waals surface area contributed by atoms with Crippen LogP contribution in [0.5, 0.6) is 0 Å². The van der Waals surface area contributed by atoms with Crippen LogP contribution in [0, 0.1) is 6.92 Å². The highest BCUT2D eigenvalue weighted by Crippen LogP contribution is 2.13. The van der Waals surface area contributed by atoms with E-state index in [0.717, 1.165) is 12.8 Å². The van der Waals surface area contributed by atoms with Crippen molar-refractivity contribution in [3.05, 3.63) is 28.5 Å². The van der Waals surface area contributed by atoms with Crippen LogP contribution < -0.4 is 0 Å². The molecule has 1 heterocycles. The maximum absolute atomic E-state index is 12.3. The Hall–Kier alpha value is -1.13. The highest BCUT2D eigenvalue weighted by Gasteiger charge is 2.15. The van der Waals surface area contributed by atoms with E-state index in [9.17, 15) is 4.79 Å². The van der Waals surface area contributed by atoms with E-state index in [1.54, 1.807) is 24.0 Å². The SMILES string of the molecule is CCCCN(CCO)C(=O)c1cc(C)nc(Cl)c1. The Balaban J connectivity index is 2.86. The minimum absolute atomic E-state index is 0.0345. The number of aryl methyl sites for hydroxylation is 1. The van der Waals surface area contributed by atoms with E-state index in [4.69, 9.17) is 16.7 Å². The first-order valence-corrected chi connectivity index (χ1v) is 6.50. The van der Waals surface area contributed by atoms with E-state index in [1.807, 2.05) is 0 Å². The number of aliphatic hydroxyl groups is 1. The fraction of sp³-hybridized carbons (Fsp3) is 0.538. The molecule has 0 aliphatic rings. The molecule has 100 valence electrons. The van der Waals surface area contributed by atoms with Gasteiger partial charge in [-0.1, -0.05) is 24.9 Å². The summed E-state index contributed by atoms with van der Waals surface area (Å²) >= 11 is 5.85. The van der Waals surface area contributed by atoms with E-state index in [-0.39, 0.29) is 12.5 Å². The third-order valence-electron chi connectivity index (χ3n) is 2.61. The van der Waals surface area contributed by atoms with E-state index >= 15 is 0 Å². The van der Waals surface area contributed by atoms with E-state index in [2.05, 4.69) is 11.9 Å². The van der Waals surface area contributed by atoms with Crippen molar-refractivity contribution in [3.63, 3.8) is 0 Å². The van der Waals surface area contributed by atoms with Crippen molar-refractivity contribution in [2.24, 2.45) is 0 Å². The molecule has 0 aliphatic heterocycles. The molecule has 0 atom stereocenters. The minimum Gasteiger partial charge on any atom is -0.395 e. The van der Waals surface area contributed by atoms with Crippen molar-refractivity contribution in [1.82, 2.24) is 9.88 Å². The van der Waals surface area contributed by atoms with Crippen LogP contribution in [0.3, 0.4) is 0 Å². The van der Waals surface area contributed by atoms with Crippen molar-refractivity contribution >= 4 is 17.5 Å². The van der Waals surface area contributed by atoms with Crippen LogP contribution in [0.25, 0.3) is 0 Å². The van der Waals surface area contributed by atoms with Gasteiger partial charge in [-0.05, 0) is 25.5 Å². The van der Waals surface area contributed by atoms with Gasteiger partial charge in [-0.25, -0.2) is 4.98 Å². The molecule has 1 N–H and O–H groups in total. The first-order chi connectivity index (χ1) is 8.58. The number of carbonyl (C=O) groups is 1. The highest BCUT2D eigenvalue weighted by atomic mass is 35.5. The number of rotatable bonds is 6. The molecule has 0 unspecified atom stereocenters. The Morgan fingerprint density at radius 3 is 2.72 bits per heavy atom. The van der Waals surface area contributed by atoms with Gasteiger partial charge in [0.2, 0.25) is 0 Å². The van der Waals surface area contributed by atoms with Gasteiger partial charge in [0, 0.05) is 24.3 Å². The zero-order valence-electron chi connectivity index (χ0n) is 10.8. The third kappa shape index (κ3) is 4.27. The molecular weight excluding hydrogens is 252 g/mol. The van der Waals surface area contributed by atoms with Gasteiger partial charge in [-0.2, -0.15) is 0 Å². The van der Waals surface area contributed by atoms with Crippen LogP contribution >= 0.6 is 11.6 Å². The van der Waals surface area contributed by atoms with Crippen LogP contribution in [0.1, 0.15) is 35.8 Å². The monoisotopic (exact) mass is 270 g/mol. The predicted molar refractivity (Wildman–Crippen MR) is 71.9 cm³/mol. The first-order valence-electron chi connectivity index (χ1n) is 6.12. The quantitative estimate of drug-likeness (QED) is 0.807. The summed E-state index contributed by atoms with van der Waals surface area (Å²) in [5.41, 5.74) is 1.24. The number of carbonyl (C=O) groups excluding carboxylic acids is 1. The summed E-state index contributed by atoms with van der Waals surface area (Å²) in [5, 5.41) is 9.33. The van der Waals surface area contributed by atoms with Gasteiger partial charge in [-0.15, -0.1) is 0 Å². The second-order valence-electron chi connectivity index (χ2n) is 4.19. The van der Waals surface area contributed by atoms with E-state index < -0.39 is 0 Å². The molecular formula is C13H19ClN2O2. The number of hydrogen-bond donors (Lipinski definition) is 1. The zero-order chi connectivity index (χ0) is 13.5. The molecule has 0 aromatic carbocycles. The van der Waals surface area contributed by atoms with Crippen LogP contribution in [-0.4, -0.2) is 40.6 Å². The van der Waals surface area contributed by atoms with E-state index in [0.29, 0.717) is 29.5 Å². The maximum atomic E-state index is 12.3. The smallest absolute Gasteiger partial charge is 0.254 e. The molecule has 1 amide bonds. The molecule has 5 heteroatoms. The number of aliphatic hydroxyl groups excluding tert-OH is 1. The second kappa shape index (κ2) is 7.34. The lowest BCUT2D eigenvalue weighted by molar-refractivity contribution is 0.0719. The fourth-order valence-electron chi connectivity index (χ4n) is 1.72. The van der Waals surface area contributed by atoms with Crippen LogP contribution in [0.2, 0.25) is 5.15 Å². The number of hydrogen-bond acceptors (Lipinski definition) is 3. The Labute approximate surface area is 113 Å². The summed E-state index contributed by atoms with van der Waals surface area (Å²) in [4.78, 5) is 18.0. The molecule has 0 radical (unpaired) electrons. The van der Waals surface area contributed by atoms with Crippen molar-refractivity contribution in [2.45, 2.75) is 26.7 Å². The largest absolute Gasteiger partial charge is 0.395 e. The molecule has 0 saturated carbocycles. The molecule has 0 aliphatic carbocycles. The Kier molecular flexibility index (Phi) is 6.09. The standard InChI is InChI=1S/C13H19ClN2O2/c1-3-4-5-16(6-7-17)13(18)11-8-10(2)15-12(14)9-11/h8-9,17H,3-7H2,1-2H3. The molecule has 0 saturated heterocycles. The minimum atomic E-state index is -0.107. The zero-order valence-corrected chi connectivity index (χ0v) is 11.6. The van der Waals surface area contributed by atoms with Crippen molar-refractivity contribution in [1.29, 1.82) is 0 Å². The maximum Gasteiger partial charge on any atom is 0.254 e. The number of aromatic nitrogens is 1. The molecule has 1 rings (SSSR count). The second-order valence-corrected chi connectivity index (χ2v) is 4.58. The third-order valence-corrected chi connectivity index (χ3v) is 2.80. The summed E-state index contributed by atoms with van der Waals surface area (Å²) in [6, 6.07) is 3.28. The van der Waals surface area contributed by atoms with Gasteiger partial charge >= 0.3 is 0 Å². The van der Waals surface area contributed by atoms with E-state index in [1.165, 1.54) is 0 Å². The highest BCUT2D eigenvalue weighted by molar-refractivity contribution is 6.29. The fourth-order valence-corrected chi connectivity index (χ4v) is 1.97. The lowest BCUT2D eigenvalue weighted by Crippen LogP contribution is -2.34. The molecule has 0 bridgehead atoms. The number of amides is 1. The van der Waals surface area contributed by atoms with Gasteiger partial charge in [0.25, 0.3) is 5.91 Å². The Bertz CT molecular complexity index is 390. The first kappa shape index (κ1) is 14.9. The molecule has 0 spiro atoms. The topological polar surface area (TPSA) is 53.4 Å². The van der Waals surface area contributed by atoms with Crippen LogP contribution in [0.4, 0.5) is 0 Å². The van der Waals surface area contributed by atoms with Crippen LogP contribution in [-0.2, 0) is 0 Å². The molecule has 18 heavy (non-hydrogen) atoms. The average Bonchev–Trinajstić information content (AvgIpc) is 2.32. The number of pyridine rings is 1. The summed E-state index contributed by atoms with van der Waals surface area (Å²) in [6.45, 7) is 4.82. The molecule has 0 fully saturated rings. The summed E-state index contributed by atoms with van der Waals surface area (Å²) in [6.07, 6.45) is 1.93. The molecule has 1 aromatic rings. The van der Waals surface area contributed by atoms with Gasteiger partial charge in [0.15, 0.2) is 0 Å². The summed E-state index contributed by atoms with van der Waals surface area (Å²) in [7, 11) is 0. The van der Waals surface area contributed by atoms with Crippen molar-refractivity contribution < 1.29 is 9.90 Å². The van der Waals surface area contributed by atoms with Crippen LogP contribution in [0.15, 0.2) is 12.1 Å². The number of halogens is 1.